The molecular weight excluding hydrogens is 402 g/mol. The van der Waals surface area contributed by atoms with E-state index in [2.05, 4.69) is 25.6 Å². The molecule has 0 aliphatic rings. The minimum atomic E-state index is -4.06. The molecular formula is C16H11BrF2N2O2S. The van der Waals surface area contributed by atoms with Gasteiger partial charge in [0.15, 0.2) is 0 Å². The summed E-state index contributed by atoms with van der Waals surface area (Å²) in [5.74, 6) is -1.65. The summed E-state index contributed by atoms with van der Waals surface area (Å²) in [6, 6.07) is 12.2. The lowest BCUT2D eigenvalue weighted by atomic mass is 10.2. The minimum Gasteiger partial charge on any atom is -0.360 e. The van der Waals surface area contributed by atoms with Crippen molar-refractivity contribution >= 4 is 31.6 Å². The molecule has 0 fully saturated rings. The van der Waals surface area contributed by atoms with Crippen LogP contribution in [0, 0.1) is 11.6 Å². The highest BCUT2D eigenvalue weighted by molar-refractivity contribution is 9.10. The van der Waals surface area contributed by atoms with Crippen LogP contribution in [0.1, 0.15) is 0 Å². The Bertz CT molecular complexity index is 989. The molecule has 0 spiro atoms. The summed E-state index contributed by atoms with van der Waals surface area (Å²) in [6.45, 7) is 0. The SMILES string of the molecule is O=S(=O)(Nc1cc(F)c(Br)cc1F)c1c[nH]c(-c2ccccc2)c1. The Labute approximate surface area is 145 Å². The number of H-pyrrole nitrogens is 1. The van der Waals surface area contributed by atoms with Crippen molar-refractivity contribution in [3.05, 3.63) is 70.8 Å². The topological polar surface area (TPSA) is 62.0 Å². The third kappa shape index (κ3) is 3.34. The smallest absolute Gasteiger partial charge is 0.263 e. The predicted octanol–water partition coefficient (Wildman–Crippen LogP) is 4.52. The maximum absolute atomic E-state index is 13.8. The van der Waals surface area contributed by atoms with Crippen LogP contribution < -0.4 is 4.72 Å². The number of hydrogen-bond acceptors (Lipinski definition) is 2. The fourth-order valence-corrected chi connectivity index (χ4v) is 3.48. The van der Waals surface area contributed by atoms with Gasteiger partial charge in [-0.25, -0.2) is 17.2 Å². The van der Waals surface area contributed by atoms with Crippen molar-refractivity contribution in [1.29, 1.82) is 0 Å². The molecule has 3 rings (SSSR count). The van der Waals surface area contributed by atoms with Gasteiger partial charge in [-0.2, -0.15) is 0 Å². The molecule has 124 valence electrons. The molecule has 0 atom stereocenters. The first-order valence-corrected chi connectivity index (χ1v) is 9.05. The fourth-order valence-electron chi connectivity index (χ4n) is 2.12. The molecule has 0 saturated heterocycles. The zero-order valence-electron chi connectivity index (χ0n) is 12.1. The Kier molecular flexibility index (Phi) is 4.42. The minimum absolute atomic E-state index is 0.0796. The average Bonchev–Trinajstić information content (AvgIpc) is 3.04. The first-order chi connectivity index (χ1) is 11.4. The van der Waals surface area contributed by atoms with E-state index in [1.165, 1.54) is 12.3 Å². The number of halogens is 3. The van der Waals surface area contributed by atoms with Gasteiger partial charge in [-0.3, -0.25) is 4.72 Å². The Morgan fingerprint density at radius 2 is 1.71 bits per heavy atom. The molecule has 1 heterocycles. The van der Waals surface area contributed by atoms with Crippen molar-refractivity contribution < 1.29 is 17.2 Å². The Morgan fingerprint density at radius 3 is 2.42 bits per heavy atom. The first kappa shape index (κ1) is 16.7. The van der Waals surface area contributed by atoms with Crippen LogP contribution >= 0.6 is 15.9 Å². The van der Waals surface area contributed by atoms with Crippen LogP contribution in [0.5, 0.6) is 0 Å². The number of sulfonamides is 1. The third-order valence-electron chi connectivity index (χ3n) is 3.31. The van der Waals surface area contributed by atoms with Crippen LogP contribution in [0.3, 0.4) is 0 Å². The highest BCUT2D eigenvalue weighted by atomic mass is 79.9. The summed E-state index contributed by atoms with van der Waals surface area (Å²) in [6.07, 6.45) is 1.29. The van der Waals surface area contributed by atoms with Crippen molar-refractivity contribution in [3.63, 3.8) is 0 Å². The number of aromatic amines is 1. The second-order valence-corrected chi connectivity index (χ2v) is 7.50. The summed E-state index contributed by atoms with van der Waals surface area (Å²) in [5, 5.41) is 0. The quantitative estimate of drug-likeness (QED) is 0.618. The second kappa shape index (κ2) is 6.37. The number of nitrogens with one attached hydrogen (secondary N) is 2. The summed E-state index contributed by atoms with van der Waals surface area (Å²) >= 11 is 2.84. The summed E-state index contributed by atoms with van der Waals surface area (Å²) in [5.41, 5.74) is 0.941. The molecule has 3 aromatic rings. The van der Waals surface area contributed by atoms with Gasteiger partial charge in [0, 0.05) is 18.0 Å². The number of anilines is 1. The van der Waals surface area contributed by atoms with Crippen molar-refractivity contribution in [2.45, 2.75) is 4.90 Å². The highest BCUT2D eigenvalue weighted by Gasteiger charge is 2.19. The van der Waals surface area contributed by atoms with Gasteiger partial charge in [0.1, 0.15) is 16.5 Å². The Hall–Kier alpha value is -2.19. The van der Waals surface area contributed by atoms with E-state index in [1.54, 1.807) is 0 Å². The number of benzene rings is 2. The van der Waals surface area contributed by atoms with Gasteiger partial charge in [-0.15, -0.1) is 0 Å². The van der Waals surface area contributed by atoms with Crippen LogP contribution in [-0.2, 0) is 10.0 Å². The van der Waals surface area contributed by atoms with E-state index >= 15 is 0 Å². The summed E-state index contributed by atoms with van der Waals surface area (Å²) in [7, 11) is -4.06. The zero-order chi connectivity index (χ0) is 17.3. The van der Waals surface area contributed by atoms with Gasteiger partial charge in [0.25, 0.3) is 10.0 Å². The molecule has 2 N–H and O–H groups in total. The van der Waals surface area contributed by atoms with Crippen molar-refractivity contribution in [2.75, 3.05) is 4.72 Å². The van der Waals surface area contributed by atoms with Gasteiger partial charge < -0.3 is 4.98 Å². The highest BCUT2D eigenvalue weighted by Crippen LogP contribution is 2.27. The lowest BCUT2D eigenvalue weighted by molar-refractivity contribution is 0.592. The molecule has 0 amide bonds. The van der Waals surface area contributed by atoms with E-state index in [0.717, 1.165) is 17.7 Å². The van der Waals surface area contributed by atoms with E-state index in [4.69, 9.17) is 0 Å². The van der Waals surface area contributed by atoms with Gasteiger partial charge in [-0.05, 0) is 33.6 Å². The lowest BCUT2D eigenvalue weighted by Crippen LogP contribution is -2.13. The Balaban J connectivity index is 1.92. The van der Waals surface area contributed by atoms with E-state index in [1.807, 2.05) is 30.3 Å². The molecule has 8 heteroatoms. The Morgan fingerprint density at radius 1 is 1.00 bits per heavy atom. The van der Waals surface area contributed by atoms with Crippen LogP contribution in [0.2, 0.25) is 0 Å². The van der Waals surface area contributed by atoms with E-state index in [9.17, 15) is 17.2 Å². The fraction of sp³-hybridized carbons (Fsp3) is 0. The molecule has 1 aromatic heterocycles. The van der Waals surface area contributed by atoms with Crippen molar-refractivity contribution in [3.8, 4) is 11.3 Å². The molecule has 0 radical (unpaired) electrons. The third-order valence-corrected chi connectivity index (χ3v) is 5.26. The normalized spacial score (nSPS) is 11.5. The van der Waals surface area contributed by atoms with Crippen LogP contribution in [-0.4, -0.2) is 13.4 Å². The summed E-state index contributed by atoms with van der Waals surface area (Å²) in [4.78, 5) is 2.78. The van der Waals surface area contributed by atoms with E-state index in [0.29, 0.717) is 5.69 Å². The van der Waals surface area contributed by atoms with Crippen LogP contribution in [0.15, 0.2) is 64.1 Å². The molecule has 0 bridgehead atoms. The molecule has 0 saturated carbocycles. The van der Waals surface area contributed by atoms with Crippen molar-refractivity contribution in [1.82, 2.24) is 4.98 Å². The predicted molar refractivity (Wildman–Crippen MR) is 91.1 cm³/mol. The average molecular weight is 413 g/mol. The van der Waals surface area contributed by atoms with E-state index < -0.39 is 27.3 Å². The van der Waals surface area contributed by atoms with Gasteiger partial charge in [0.05, 0.1) is 10.2 Å². The van der Waals surface area contributed by atoms with Crippen molar-refractivity contribution in [2.24, 2.45) is 0 Å². The maximum atomic E-state index is 13.8. The van der Waals surface area contributed by atoms with Gasteiger partial charge in [0.2, 0.25) is 0 Å². The molecule has 2 aromatic carbocycles. The molecule has 0 aliphatic carbocycles. The van der Waals surface area contributed by atoms with Crippen LogP contribution in [0.25, 0.3) is 11.3 Å². The number of hydrogen-bond donors (Lipinski definition) is 2. The maximum Gasteiger partial charge on any atom is 0.263 e. The lowest BCUT2D eigenvalue weighted by Gasteiger charge is -2.08. The second-order valence-electron chi connectivity index (χ2n) is 4.97. The molecule has 24 heavy (non-hydrogen) atoms. The van der Waals surface area contributed by atoms with E-state index in [-0.39, 0.29) is 9.37 Å². The first-order valence-electron chi connectivity index (χ1n) is 6.78. The van der Waals surface area contributed by atoms with Crippen LogP contribution in [0.4, 0.5) is 14.5 Å². The van der Waals surface area contributed by atoms with Gasteiger partial charge >= 0.3 is 0 Å². The standard InChI is InChI=1S/C16H11BrF2N2O2S/c17-12-7-14(19)16(8-13(12)18)21-24(22,23)11-6-15(20-9-11)10-4-2-1-3-5-10/h1-9,20-21H. The summed E-state index contributed by atoms with van der Waals surface area (Å²) < 4.78 is 54.0. The number of rotatable bonds is 4. The largest absolute Gasteiger partial charge is 0.360 e. The molecule has 4 nitrogen and oxygen atoms in total. The molecule has 0 aliphatic heterocycles. The number of aromatic nitrogens is 1. The van der Waals surface area contributed by atoms with Gasteiger partial charge in [-0.1, -0.05) is 30.3 Å². The molecule has 0 unspecified atom stereocenters. The monoisotopic (exact) mass is 412 g/mol. The zero-order valence-corrected chi connectivity index (χ0v) is 14.5.